The van der Waals surface area contributed by atoms with Gasteiger partial charge in [0.15, 0.2) is 0 Å². The molecule has 0 bridgehead atoms. The van der Waals surface area contributed by atoms with Crippen molar-refractivity contribution in [3.63, 3.8) is 0 Å². The van der Waals surface area contributed by atoms with Gasteiger partial charge in [-0.05, 0) is 38.5 Å². The van der Waals surface area contributed by atoms with E-state index in [9.17, 15) is 19.8 Å². The summed E-state index contributed by atoms with van der Waals surface area (Å²) in [7, 11) is 0. The first-order valence-electron chi connectivity index (χ1n) is 13.1. The largest absolute Gasteiger partial charge is 0.481 e. The quantitative estimate of drug-likeness (QED) is 0.124. The Balaban J connectivity index is 3.93. The van der Waals surface area contributed by atoms with Crippen molar-refractivity contribution >= 4 is 11.9 Å². The molecule has 2 N–H and O–H groups in total. The lowest BCUT2D eigenvalue weighted by atomic mass is 9.84. The van der Waals surface area contributed by atoms with Gasteiger partial charge in [0, 0.05) is 0 Å². The molecule has 0 aromatic rings. The van der Waals surface area contributed by atoms with Gasteiger partial charge in [-0.1, -0.05) is 109 Å². The third kappa shape index (κ3) is 18.0. The van der Waals surface area contributed by atoms with Crippen LogP contribution in [-0.2, 0) is 9.59 Å². The monoisotopic (exact) mass is 438 g/mol. The maximum Gasteiger partial charge on any atom is 0.307 e. The van der Waals surface area contributed by atoms with E-state index in [0.717, 1.165) is 64.2 Å². The van der Waals surface area contributed by atoms with E-state index in [-0.39, 0.29) is 0 Å². The van der Waals surface area contributed by atoms with Crippen LogP contribution in [0.4, 0.5) is 0 Å². The first kappa shape index (κ1) is 29.7. The Bertz CT molecular complexity index is 458. The fraction of sp³-hybridized carbons (Fsp3) is 0.852. The van der Waals surface area contributed by atoms with E-state index in [1.54, 1.807) is 0 Å². The zero-order chi connectivity index (χ0) is 23.2. The normalized spacial score (nSPS) is 13.5. The molecule has 2 atom stereocenters. The van der Waals surface area contributed by atoms with Crippen molar-refractivity contribution in [2.75, 3.05) is 0 Å². The van der Waals surface area contributed by atoms with Crippen LogP contribution < -0.4 is 0 Å². The SMILES string of the molecule is CCCCCCCC/C=C\CCCCCCC(C(=O)O)C(CCCCCCC)C(=O)O. The van der Waals surface area contributed by atoms with E-state index >= 15 is 0 Å². The highest BCUT2D eigenvalue weighted by molar-refractivity contribution is 5.79. The van der Waals surface area contributed by atoms with Crippen molar-refractivity contribution in [2.45, 2.75) is 136 Å². The van der Waals surface area contributed by atoms with Gasteiger partial charge in [0.25, 0.3) is 0 Å². The summed E-state index contributed by atoms with van der Waals surface area (Å²) in [6.45, 7) is 4.39. The number of allylic oxidation sites excluding steroid dienone is 2. The summed E-state index contributed by atoms with van der Waals surface area (Å²) in [5.41, 5.74) is 0. The van der Waals surface area contributed by atoms with Gasteiger partial charge < -0.3 is 10.2 Å². The molecule has 4 nitrogen and oxygen atoms in total. The molecule has 0 amide bonds. The molecule has 0 aliphatic heterocycles. The Morgan fingerprint density at radius 2 is 0.871 bits per heavy atom. The van der Waals surface area contributed by atoms with Gasteiger partial charge in [-0.25, -0.2) is 0 Å². The van der Waals surface area contributed by atoms with E-state index in [4.69, 9.17) is 0 Å². The van der Waals surface area contributed by atoms with E-state index in [0.29, 0.717) is 12.8 Å². The van der Waals surface area contributed by atoms with Crippen molar-refractivity contribution in [1.82, 2.24) is 0 Å². The lowest BCUT2D eigenvalue weighted by molar-refractivity contribution is -0.154. The second-order valence-electron chi connectivity index (χ2n) is 9.11. The first-order valence-corrected chi connectivity index (χ1v) is 13.1. The van der Waals surface area contributed by atoms with Gasteiger partial charge in [-0.3, -0.25) is 9.59 Å². The van der Waals surface area contributed by atoms with E-state index in [2.05, 4.69) is 26.0 Å². The molecule has 0 spiro atoms. The Morgan fingerprint density at radius 3 is 1.23 bits per heavy atom. The maximum absolute atomic E-state index is 11.7. The number of aliphatic carboxylic acids is 2. The third-order valence-corrected chi connectivity index (χ3v) is 6.27. The fourth-order valence-corrected chi connectivity index (χ4v) is 4.22. The lowest BCUT2D eigenvalue weighted by Gasteiger charge is -2.20. The lowest BCUT2D eigenvalue weighted by Crippen LogP contribution is -2.30. The molecule has 0 saturated heterocycles. The van der Waals surface area contributed by atoms with Crippen LogP contribution in [0.25, 0.3) is 0 Å². The van der Waals surface area contributed by atoms with Crippen LogP contribution in [0, 0.1) is 11.8 Å². The Labute approximate surface area is 191 Å². The van der Waals surface area contributed by atoms with E-state index < -0.39 is 23.8 Å². The minimum atomic E-state index is -0.946. The number of carboxylic acids is 2. The summed E-state index contributed by atoms with van der Waals surface area (Å²) in [5.74, 6) is -3.39. The topological polar surface area (TPSA) is 74.6 Å². The summed E-state index contributed by atoms with van der Waals surface area (Å²) < 4.78 is 0. The molecule has 0 aliphatic rings. The molecule has 0 aromatic heterocycles. The van der Waals surface area contributed by atoms with Gasteiger partial charge in [0.1, 0.15) is 0 Å². The second-order valence-corrected chi connectivity index (χ2v) is 9.11. The number of hydrogen-bond donors (Lipinski definition) is 2. The number of rotatable bonds is 23. The summed E-state index contributed by atoms with van der Waals surface area (Å²) >= 11 is 0. The molecule has 2 unspecified atom stereocenters. The molecule has 0 fully saturated rings. The molecular formula is C27H50O4. The summed E-state index contributed by atoms with van der Waals surface area (Å²) in [4.78, 5) is 23.3. The van der Waals surface area contributed by atoms with Crippen molar-refractivity contribution in [3.05, 3.63) is 12.2 Å². The van der Waals surface area contributed by atoms with Crippen LogP contribution in [0.15, 0.2) is 12.2 Å². The van der Waals surface area contributed by atoms with Crippen molar-refractivity contribution in [2.24, 2.45) is 11.8 Å². The summed E-state index contributed by atoms with van der Waals surface area (Å²) in [6, 6.07) is 0. The second kappa shape index (κ2) is 21.9. The maximum atomic E-state index is 11.7. The Hall–Kier alpha value is -1.32. The molecule has 0 rings (SSSR count). The predicted molar refractivity (Wildman–Crippen MR) is 130 cm³/mol. The van der Waals surface area contributed by atoms with Crippen LogP contribution in [-0.4, -0.2) is 22.2 Å². The van der Waals surface area contributed by atoms with Gasteiger partial charge in [-0.2, -0.15) is 0 Å². The molecule has 0 aromatic carbocycles. The van der Waals surface area contributed by atoms with Crippen molar-refractivity contribution < 1.29 is 19.8 Å². The van der Waals surface area contributed by atoms with Crippen LogP contribution in [0.2, 0.25) is 0 Å². The molecule has 4 heteroatoms. The molecule has 31 heavy (non-hydrogen) atoms. The standard InChI is InChI=1S/C27H50O4/c1-3-5-7-9-10-11-12-13-14-15-16-17-19-21-23-25(27(30)31)24(26(28)29)22-20-18-8-6-4-2/h13-14,24-25H,3-12,15-23H2,1-2H3,(H,28,29)(H,30,31)/b14-13-. The van der Waals surface area contributed by atoms with Crippen LogP contribution >= 0.6 is 0 Å². The van der Waals surface area contributed by atoms with E-state index in [1.165, 1.54) is 44.9 Å². The molecular weight excluding hydrogens is 388 g/mol. The zero-order valence-electron chi connectivity index (χ0n) is 20.5. The van der Waals surface area contributed by atoms with Gasteiger partial charge >= 0.3 is 11.9 Å². The average molecular weight is 439 g/mol. The highest BCUT2D eigenvalue weighted by atomic mass is 16.4. The van der Waals surface area contributed by atoms with Crippen LogP contribution in [0.3, 0.4) is 0 Å². The number of hydrogen-bond acceptors (Lipinski definition) is 2. The summed E-state index contributed by atoms with van der Waals surface area (Å²) in [5, 5.41) is 19.1. The molecule has 0 heterocycles. The molecule has 182 valence electrons. The highest BCUT2D eigenvalue weighted by Crippen LogP contribution is 2.26. The van der Waals surface area contributed by atoms with Gasteiger partial charge in [-0.15, -0.1) is 0 Å². The third-order valence-electron chi connectivity index (χ3n) is 6.27. The first-order chi connectivity index (χ1) is 15.0. The minimum Gasteiger partial charge on any atom is -0.481 e. The molecule has 0 radical (unpaired) electrons. The fourth-order valence-electron chi connectivity index (χ4n) is 4.22. The number of carbonyl (C=O) groups is 2. The zero-order valence-corrected chi connectivity index (χ0v) is 20.5. The predicted octanol–water partition coefficient (Wildman–Crippen LogP) is 8.40. The van der Waals surface area contributed by atoms with Crippen LogP contribution in [0.5, 0.6) is 0 Å². The molecule has 0 aliphatic carbocycles. The molecule has 0 saturated carbocycles. The Kier molecular flexibility index (Phi) is 21.0. The van der Waals surface area contributed by atoms with Gasteiger partial charge in [0.05, 0.1) is 11.8 Å². The van der Waals surface area contributed by atoms with E-state index in [1.807, 2.05) is 0 Å². The van der Waals surface area contributed by atoms with Crippen molar-refractivity contribution in [1.29, 1.82) is 0 Å². The number of unbranched alkanes of at least 4 members (excludes halogenated alkanes) is 14. The minimum absolute atomic E-state index is 0.481. The number of carboxylic acid groups (broad SMARTS) is 2. The summed E-state index contributed by atoms with van der Waals surface area (Å²) in [6.07, 6.45) is 25.1. The van der Waals surface area contributed by atoms with Gasteiger partial charge in [0.2, 0.25) is 0 Å². The highest BCUT2D eigenvalue weighted by Gasteiger charge is 2.32. The van der Waals surface area contributed by atoms with Crippen LogP contribution in [0.1, 0.15) is 136 Å². The van der Waals surface area contributed by atoms with Crippen molar-refractivity contribution in [3.8, 4) is 0 Å². The smallest absolute Gasteiger partial charge is 0.307 e. The Morgan fingerprint density at radius 1 is 0.548 bits per heavy atom. The average Bonchev–Trinajstić information content (AvgIpc) is 2.74.